The van der Waals surface area contributed by atoms with Gasteiger partial charge in [0.1, 0.15) is 5.03 Å². The SMILES string of the molecule is C[C@@H]1[C@H](CSc2ncccc2C(=O)O)O[C@H](c2ccc(CNC(=O)NCc3ccccc3)cc2)O[C@@H]1c1ccc(CO)cc1. The van der Waals surface area contributed by atoms with E-state index >= 15 is 0 Å². The number of carboxylic acid groups (broad SMARTS) is 1. The molecule has 1 aliphatic heterocycles. The molecule has 3 aromatic carbocycles. The number of benzene rings is 3. The van der Waals surface area contributed by atoms with Gasteiger partial charge in [0, 0.05) is 36.5 Å². The second kappa shape index (κ2) is 15.0. The summed E-state index contributed by atoms with van der Waals surface area (Å²) in [6, 6.07) is 28.0. The molecule has 0 spiro atoms. The highest BCUT2D eigenvalue weighted by molar-refractivity contribution is 7.99. The molecule has 2 heterocycles. The second-order valence-electron chi connectivity index (χ2n) is 10.6. The first-order chi connectivity index (χ1) is 21.4. The smallest absolute Gasteiger partial charge is 0.338 e. The van der Waals surface area contributed by atoms with Gasteiger partial charge in [-0.2, -0.15) is 0 Å². The van der Waals surface area contributed by atoms with Gasteiger partial charge in [-0.15, -0.1) is 11.8 Å². The number of hydrogen-bond donors (Lipinski definition) is 4. The number of urea groups is 1. The summed E-state index contributed by atoms with van der Waals surface area (Å²) in [5.74, 6) is -0.609. The van der Waals surface area contributed by atoms with Crippen LogP contribution in [0.4, 0.5) is 4.79 Å². The molecule has 0 bridgehead atoms. The van der Waals surface area contributed by atoms with E-state index in [9.17, 15) is 19.8 Å². The number of nitrogens with zero attached hydrogens (tertiary/aromatic N) is 1. The summed E-state index contributed by atoms with van der Waals surface area (Å²) < 4.78 is 13.0. The number of nitrogens with one attached hydrogen (secondary N) is 2. The lowest BCUT2D eigenvalue weighted by molar-refractivity contribution is -0.268. The van der Waals surface area contributed by atoms with Gasteiger partial charge >= 0.3 is 12.0 Å². The minimum atomic E-state index is -1.02. The number of carboxylic acids is 1. The highest BCUT2D eigenvalue weighted by Crippen LogP contribution is 2.43. The monoisotopic (exact) mass is 613 g/mol. The van der Waals surface area contributed by atoms with E-state index in [2.05, 4.69) is 22.5 Å². The number of hydrogen-bond acceptors (Lipinski definition) is 7. The number of pyridine rings is 1. The van der Waals surface area contributed by atoms with Gasteiger partial charge < -0.3 is 30.3 Å². The molecular formula is C34H35N3O6S. The Hall–Kier alpha value is -4.22. The Labute approximate surface area is 260 Å². The van der Waals surface area contributed by atoms with Gasteiger partial charge in [-0.05, 0) is 34.4 Å². The maximum atomic E-state index is 12.3. The number of ether oxygens (including phenoxy) is 2. The zero-order chi connectivity index (χ0) is 30.9. The number of amides is 2. The van der Waals surface area contributed by atoms with Crippen molar-refractivity contribution in [3.05, 3.63) is 131 Å². The maximum Gasteiger partial charge on any atom is 0.338 e. The third kappa shape index (κ3) is 8.03. The van der Waals surface area contributed by atoms with Crippen molar-refractivity contribution in [3.63, 3.8) is 0 Å². The predicted octanol–water partition coefficient (Wildman–Crippen LogP) is 5.86. The fourth-order valence-corrected chi connectivity index (χ4v) is 6.11. The van der Waals surface area contributed by atoms with Crippen LogP contribution in [0, 0.1) is 5.92 Å². The van der Waals surface area contributed by atoms with Crippen molar-refractivity contribution < 1.29 is 29.3 Å². The molecule has 10 heteroatoms. The molecule has 1 aromatic heterocycles. The average Bonchev–Trinajstić information content (AvgIpc) is 3.07. The molecule has 1 aliphatic rings. The Kier molecular flexibility index (Phi) is 10.6. The van der Waals surface area contributed by atoms with Gasteiger partial charge in [0.15, 0.2) is 6.29 Å². The molecule has 1 saturated heterocycles. The minimum Gasteiger partial charge on any atom is -0.478 e. The lowest BCUT2D eigenvalue weighted by Gasteiger charge is -2.41. The Balaban J connectivity index is 1.27. The highest BCUT2D eigenvalue weighted by Gasteiger charge is 2.38. The van der Waals surface area contributed by atoms with Crippen LogP contribution >= 0.6 is 11.8 Å². The molecule has 4 atom stereocenters. The van der Waals surface area contributed by atoms with Crippen LogP contribution in [0.25, 0.3) is 0 Å². The molecular weight excluding hydrogens is 578 g/mol. The molecule has 228 valence electrons. The highest BCUT2D eigenvalue weighted by atomic mass is 32.2. The molecule has 0 aliphatic carbocycles. The fourth-order valence-electron chi connectivity index (χ4n) is 4.96. The summed E-state index contributed by atoms with van der Waals surface area (Å²) in [4.78, 5) is 28.3. The summed E-state index contributed by atoms with van der Waals surface area (Å²) in [6.45, 7) is 2.82. The summed E-state index contributed by atoms with van der Waals surface area (Å²) in [5.41, 5.74) is 4.70. The van der Waals surface area contributed by atoms with Crippen LogP contribution < -0.4 is 10.6 Å². The lowest BCUT2D eigenvalue weighted by atomic mass is 9.91. The first-order valence-electron chi connectivity index (χ1n) is 14.4. The molecule has 1 fully saturated rings. The number of carbonyl (C=O) groups is 2. The van der Waals surface area contributed by atoms with Crippen molar-refractivity contribution in [2.75, 3.05) is 5.75 Å². The number of thioether (sulfide) groups is 1. The zero-order valence-corrected chi connectivity index (χ0v) is 25.1. The van der Waals surface area contributed by atoms with Crippen LogP contribution in [0.2, 0.25) is 0 Å². The standard InChI is InChI=1S/C34H35N3O6S/c1-22-29(21-44-31-28(32(39)40)8-5-17-35-31)42-33(43-30(22)26-13-11-25(20-38)12-14-26)27-15-9-24(10-16-27)19-37-34(41)36-18-23-6-3-2-4-7-23/h2-17,22,29-30,33,38H,18-21H2,1H3,(H,39,40)(H2,36,37,41)/t22-,29+,30+,33+/m1/s1. The number of rotatable bonds is 11. The van der Waals surface area contributed by atoms with Crippen LogP contribution in [0.1, 0.15) is 57.5 Å². The van der Waals surface area contributed by atoms with Crippen molar-refractivity contribution >= 4 is 23.8 Å². The average molecular weight is 614 g/mol. The quantitative estimate of drug-likeness (QED) is 0.155. The van der Waals surface area contributed by atoms with Gasteiger partial charge in [-0.1, -0.05) is 85.8 Å². The van der Waals surface area contributed by atoms with Crippen LogP contribution in [0.5, 0.6) is 0 Å². The van der Waals surface area contributed by atoms with E-state index in [-0.39, 0.29) is 36.3 Å². The van der Waals surface area contributed by atoms with Crippen LogP contribution in [0.3, 0.4) is 0 Å². The van der Waals surface area contributed by atoms with Crippen molar-refractivity contribution in [2.24, 2.45) is 5.92 Å². The Morgan fingerprint density at radius 2 is 1.45 bits per heavy atom. The molecule has 0 unspecified atom stereocenters. The Morgan fingerprint density at radius 3 is 2.11 bits per heavy atom. The van der Waals surface area contributed by atoms with Crippen LogP contribution in [-0.2, 0) is 29.2 Å². The first kappa shape index (κ1) is 31.2. The summed E-state index contributed by atoms with van der Waals surface area (Å²) >= 11 is 1.35. The summed E-state index contributed by atoms with van der Waals surface area (Å²) in [5, 5.41) is 25.3. The second-order valence-corrected chi connectivity index (χ2v) is 11.6. The van der Waals surface area contributed by atoms with Gasteiger partial charge in [-0.25, -0.2) is 14.6 Å². The zero-order valence-electron chi connectivity index (χ0n) is 24.3. The van der Waals surface area contributed by atoms with E-state index in [1.165, 1.54) is 11.8 Å². The third-order valence-corrected chi connectivity index (χ3v) is 8.60. The fraction of sp³-hybridized carbons (Fsp3) is 0.265. The van der Waals surface area contributed by atoms with Gasteiger partial charge in [0.25, 0.3) is 0 Å². The van der Waals surface area contributed by atoms with Crippen molar-refractivity contribution in [1.29, 1.82) is 0 Å². The number of aliphatic hydroxyl groups excluding tert-OH is 1. The summed E-state index contributed by atoms with van der Waals surface area (Å²) in [6.07, 6.45) is 0.336. The molecule has 9 nitrogen and oxygen atoms in total. The van der Waals surface area contributed by atoms with Crippen LogP contribution in [-0.4, -0.2) is 39.1 Å². The van der Waals surface area contributed by atoms with Gasteiger partial charge in [0.2, 0.25) is 0 Å². The molecule has 44 heavy (non-hydrogen) atoms. The molecule has 2 amide bonds. The van der Waals surface area contributed by atoms with E-state index in [0.29, 0.717) is 23.9 Å². The Bertz CT molecular complexity index is 1540. The molecule has 5 rings (SSSR count). The minimum absolute atomic E-state index is 0.0434. The topological polar surface area (TPSA) is 130 Å². The van der Waals surface area contributed by atoms with Crippen molar-refractivity contribution in [1.82, 2.24) is 15.6 Å². The molecule has 4 aromatic rings. The number of aromatic carboxylic acids is 1. The van der Waals surface area contributed by atoms with Gasteiger partial charge in [-0.3, -0.25) is 0 Å². The number of aromatic nitrogens is 1. The van der Waals surface area contributed by atoms with E-state index < -0.39 is 12.3 Å². The predicted molar refractivity (Wildman–Crippen MR) is 167 cm³/mol. The lowest BCUT2D eigenvalue weighted by Crippen LogP contribution is -2.38. The van der Waals surface area contributed by atoms with E-state index in [1.54, 1.807) is 18.3 Å². The number of aliphatic hydroxyl groups is 1. The number of carbonyl (C=O) groups excluding carboxylic acids is 1. The molecule has 4 N–H and O–H groups in total. The molecule has 0 saturated carbocycles. The van der Waals surface area contributed by atoms with E-state index in [1.807, 2.05) is 78.9 Å². The molecule has 0 radical (unpaired) electrons. The normalized spacial score (nSPS) is 19.7. The van der Waals surface area contributed by atoms with Crippen molar-refractivity contribution in [3.8, 4) is 0 Å². The van der Waals surface area contributed by atoms with E-state index in [0.717, 1.165) is 27.8 Å². The Morgan fingerprint density at radius 1 is 0.818 bits per heavy atom. The maximum absolute atomic E-state index is 12.3. The summed E-state index contributed by atoms with van der Waals surface area (Å²) in [7, 11) is 0. The van der Waals surface area contributed by atoms with Crippen molar-refractivity contribution in [2.45, 2.75) is 50.1 Å². The largest absolute Gasteiger partial charge is 0.478 e. The van der Waals surface area contributed by atoms with Gasteiger partial charge in [0.05, 0.1) is 24.4 Å². The third-order valence-electron chi connectivity index (χ3n) is 7.51. The van der Waals surface area contributed by atoms with E-state index in [4.69, 9.17) is 9.47 Å². The first-order valence-corrected chi connectivity index (χ1v) is 15.4. The van der Waals surface area contributed by atoms with Crippen LogP contribution in [0.15, 0.2) is 102 Å².